The Balaban J connectivity index is 2.20. The Morgan fingerprint density at radius 1 is 1.29 bits per heavy atom. The van der Waals surface area contributed by atoms with Gasteiger partial charge in [-0.15, -0.1) is 0 Å². The van der Waals surface area contributed by atoms with Crippen LogP contribution in [-0.2, 0) is 4.74 Å². The number of methoxy groups -OCH3 is 1. The molecule has 0 spiro atoms. The lowest BCUT2D eigenvalue weighted by molar-refractivity contribution is 0.0274. The minimum absolute atomic E-state index is 0.317. The summed E-state index contributed by atoms with van der Waals surface area (Å²) in [6.45, 7) is 7.05. The van der Waals surface area contributed by atoms with Crippen LogP contribution < -0.4 is 9.75 Å². The Labute approximate surface area is 133 Å². The maximum atomic E-state index is 12.3. The largest absolute Gasteiger partial charge is 0.497 e. The van der Waals surface area contributed by atoms with E-state index in [9.17, 15) is 4.79 Å². The lowest BCUT2D eigenvalue weighted by atomic mass is 10.2. The van der Waals surface area contributed by atoms with Gasteiger partial charge in [0.25, 0.3) is 0 Å². The molecular weight excluding hydrogens is 336 g/mol. The zero-order valence-electron chi connectivity index (χ0n) is 12.9. The van der Waals surface area contributed by atoms with Gasteiger partial charge < -0.3 is 9.47 Å². The molecular formula is C15H21BrN2O3. The summed E-state index contributed by atoms with van der Waals surface area (Å²) in [5, 5.41) is 3.59. The van der Waals surface area contributed by atoms with E-state index in [1.165, 1.54) is 0 Å². The average Bonchev–Trinajstić information content (AvgIpc) is 2.85. The summed E-state index contributed by atoms with van der Waals surface area (Å²) in [6.07, 6.45) is 0.597. The van der Waals surface area contributed by atoms with Crippen molar-refractivity contribution < 1.29 is 14.3 Å². The van der Waals surface area contributed by atoms with Crippen molar-refractivity contribution in [3.05, 3.63) is 22.7 Å². The van der Waals surface area contributed by atoms with E-state index in [-0.39, 0.29) is 6.09 Å². The molecule has 0 atom stereocenters. The van der Waals surface area contributed by atoms with Crippen LogP contribution in [0.25, 0.3) is 0 Å². The van der Waals surface area contributed by atoms with Gasteiger partial charge in [0, 0.05) is 17.6 Å². The molecule has 1 aromatic carbocycles. The fourth-order valence-corrected chi connectivity index (χ4v) is 2.75. The van der Waals surface area contributed by atoms with Crippen LogP contribution in [0.5, 0.6) is 5.75 Å². The van der Waals surface area contributed by atoms with Crippen molar-refractivity contribution in [1.29, 1.82) is 0 Å². The molecule has 0 saturated carbocycles. The monoisotopic (exact) mass is 356 g/mol. The molecule has 1 heterocycles. The zero-order valence-corrected chi connectivity index (χ0v) is 14.4. The van der Waals surface area contributed by atoms with Crippen LogP contribution in [0.2, 0.25) is 0 Å². The van der Waals surface area contributed by atoms with Crippen LogP contribution in [0.1, 0.15) is 27.2 Å². The highest BCUT2D eigenvalue weighted by Gasteiger charge is 2.31. The topological polar surface area (TPSA) is 42.0 Å². The summed E-state index contributed by atoms with van der Waals surface area (Å²) in [5.41, 5.74) is 0.432. The molecule has 5 nitrogen and oxygen atoms in total. The van der Waals surface area contributed by atoms with Gasteiger partial charge in [-0.25, -0.2) is 9.80 Å². The Bertz CT molecular complexity index is 528. The lowest BCUT2D eigenvalue weighted by Crippen LogP contribution is -2.44. The molecule has 6 heteroatoms. The number of ether oxygens (including phenoxy) is 2. The van der Waals surface area contributed by atoms with Crippen molar-refractivity contribution in [2.24, 2.45) is 0 Å². The number of halogens is 1. The van der Waals surface area contributed by atoms with E-state index in [2.05, 4.69) is 15.9 Å². The minimum Gasteiger partial charge on any atom is -0.497 e. The van der Waals surface area contributed by atoms with Crippen LogP contribution in [-0.4, -0.2) is 36.9 Å². The molecule has 0 aliphatic carbocycles. The first-order valence-corrected chi connectivity index (χ1v) is 7.72. The van der Waals surface area contributed by atoms with Gasteiger partial charge in [-0.05, 0) is 61.3 Å². The predicted molar refractivity (Wildman–Crippen MR) is 85.6 cm³/mol. The lowest BCUT2D eigenvalue weighted by Gasteiger charge is -2.32. The third-order valence-electron chi connectivity index (χ3n) is 3.07. The number of amides is 1. The quantitative estimate of drug-likeness (QED) is 0.807. The first-order valence-electron chi connectivity index (χ1n) is 6.93. The van der Waals surface area contributed by atoms with Crippen LogP contribution in [0.3, 0.4) is 0 Å². The van der Waals surface area contributed by atoms with E-state index in [0.717, 1.165) is 28.9 Å². The van der Waals surface area contributed by atoms with Gasteiger partial charge in [0.2, 0.25) is 0 Å². The SMILES string of the molecule is COc1ccc(N2CCCN2C(=O)OC(C)(C)C)c(Br)c1. The van der Waals surface area contributed by atoms with Gasteiger partial charge in [0.15, 0.2) is 0 Å². The number of anilines is 1. The number of rotatable bonds is 2. The molecule has 1 aliphatic heterocycles. The third-order valence-corrected chi connectivity index (χ3v) is 3.70. The van der Waals surface area contributed by atoms with Gasteiger partial charge >= 0.3 is 6.09 Å². The molecule has 1 aromatic rings. The standard InChI is InChI=1S/C15H21BrN2O3/c1-15(2,3)21-14(19)18-9-5-8-17(18)13-7-6-11(20-4)10-12(13)16/h6-7,10H,5,8-9H2,1-4H3. The number of nitrogens with zero attached hydrogens (tertiary/aromatic N) is 2. The maximum Gasteiger partial charge on any atom is 0.429 e. The van der Waals surface area contributed by atoms with Crippen molar-refractivity contribution in [3.63, 3.8) is 0 Å². The van der Waals surface area contributed by atoms with E-state index in [1.807, 2.05) is 44.0 Å². The highest BCUT2D eigenvalue weighted by Crippen LogP contribution is 2.33. The van der Waals surface area contributed by atoms with Crippen LogP contribution >= 0.6 is 15.9 Å². The minimum atomic E-state index is -0.498. The molecule has 116 valence electrons. The zero-order chi connectivity index (χ0) is 15.6. The number of hydrogen-bond donors (Lipinski definition) is 0. The summed E-state index contributed by atoms with van der Waals surface area (Å²) in [5.74, 6) is 0.772. The summed E-state index contributed by atoms with van der Waals surface area (Å²) < 4.78 is 11.5. The molecule has 0 unspecified atom stereocenters. The fraction of sp³-hybridized carbons (Fsp3) is 0.533. The van der Waals surface area contributed by atoms with E-state index in [0.29, 0.717) is 6.54 Å². The molecule has 1 aliphatic rings. The van der Waals surface area contributed by atoms with Gasteiger partial charge in [0.05, 0.1) is 12.8 Å². The summed E-state index contributed by atoms with van der Waals surface area (Å²) in [6, 6.07) is 5.71. The van der Waals surface area contributed by atoms with E-state index in [4.69, 9.17) is 9.47 Å². The van der Waals surface area contributed by atoms with Gasteiger partial charge in [-0.2, -0.15) is 0 Å². The predicted octanol–water partition coefficient (Wildman–Crippen LogP) is 3.82. The van der Waals surface area contributed by atoms with Crippen molar-refractivity contribution >= 4 is 27.7 Å². The summed E-state index contributed by atoms with van der Waals surface area (Å²) in [7, 11) is 1.63. The molecule has 1 saturated heterocycles. The first-order chi connectivity index (χ1) is 9.81. The summed E-state index contributed by atoms with van der Waals surface area (Å²) in [4.78, 5) is 12.3. The number of carbonyl (C=O) groups excluding carboxylic acids is 1. The normalized spacial score (nSPS) is 15.3. The Hall–Kier alpha value is -1.43. The van der Waals surface area contributed by atoms with Crippen LogP contribution in [0, 0.1) is 0 Å². The third kappa shape index (κ3) is 3.81. The fourth-order valence-electron chi connectivity index (χ4n) is 2.19. The molecule has 2 rings (SSSR count). The van der Waals surface area contributed by atoms with Gasteiger partial charge in [-0.3, -0.25) is 5.01 Å². The van der Waals surface area contributed by atoms with Crippen molar-refractivity contribution in [1.82, 2.24) is 5.01 Å². The Morgan fingerprint density at radius 2 is 2.00 bits per heavy atom. The second kappa shape index (κ2) is 6.13. The van der Waals surface area contributed by atoms with E-state index in [1.54, 1.807) is 12.1 Å². The van der Waals surface area contributed by atoms with Crippen LogP contribution in [0.4, 0.5) is 10.5 Å². The molecule has 0 bridgehead atoms. The van der Waals surface area contributed by atoms with Crippen molar-refractivity contribution in [2.45, 2.75) is 32.8 Å². The average molecular weight is 357 g/mol. The Kier molecular flexibility index (Phi) is 4.66. The van der Waals surface area contributed by atoms with Crippen molar-refractivity contribution in [2.75, 3.05) is 25.2 Å². The van der Waals surface area contributed by atoms with Crippen LogP contribution in [0.15, 0.2) is 22.7 Å². The maximum absolute atomic E-state index is 12.3. The van der Waals surface area contributed by atoms with Crippen molar-refractivity contribution in [3.8, 4) is 5.75 Å². The molecule has 1 fully saturated rings. The highest BCUT2D eigenvalue weighted by molar-refractivity contribution is 9.10. The van der Waals surface area contributed by atoms with Gasteiger partial charge in [0.1, 0.15) is 11.4 Å². The second-order valence-electron chi connectivity index (χ2n) is 5.90. The summed E-state index contributed by atoms with van der Waals surface area (Å²) >= 11 is 3.54. The second-order valence-corrected chi connectivity index (χ2v) is 6.75. The smallest absolute Gasteiger partial charge is 0.429 e. The molecule has 0 N–H and O–H groups in total. The molecule has 0 aromatic heterocycles. The number of carbonyl (C=O) groups is 1. The highest BCUT2D eigenvalue weighted by atomic mass is 79.9. The Morgan fingerprint density at radius 3 is 2.57 bits per heavy atom. The number of hydrazine groups is 1. The van der Waals surface area contributed by atoms with Gasteiger partial charge in [-0.1, -0.05) is 0 Å². The molecule has 0 radical (unpaired) electrons. The number of hydrogen-bond acceptors (Lipinski definition) is 4. The molecule has 21 heavy (non-hydrogen) atoms. The molecule has 1 amide bonds. The number of benzene rings is 1. The van der Waals surface area contributed by atoms with E-state index < -0.39 is 5.60 Å². The van der Waals surface area contributed by atoms with E-state index >= 15 is 0 Å². The first kappa shape index (κ1) is 15.9.